The summed E-state index contributed by atoms with van der Waals surface area (Å²) in [5.41, 5.74) is 5.48. The zero-order valence-corrected chi connectivity index (χ0v) is 11.3. The minimum absolute atomic E-state index is 0.542. The van der Waals surface area contributed by atoms with Crippen molar-refractivity contribution >= 4 is 17.1 Å². The quantitative estimate of drug-likeness (QED) is 0.772. The van der Waals surface area contributed by atoms with Crippen LogP contribution in [-0.2, 0) is 0 Å². The van der Waals surface area contributed by atoms with E-state index in [1.54, 1.807) is 6.92 Å². The first-order valence-electron chi connectivity index (χ1n) is 6.25. The van der Waals surface area contributed by atoms with Crippen LogP contribution >= 0.6 is 0 Å². The first-order valence-corrected chi connectivity index (χ1v) is 6.25. The number of hydrogen-bond donors (Lipinski definition) is 2. The molecule has 0 atom stereocenters. The van der Waals surface area contributed by atoms with Gasteiger partial charge in [-0.2, -0.15) is 0 Å². The van der Waals surface area contributed by atoms with E-state index in [0.717, 1.165) is 22.5 Å². The highest BCUT2D eigenvalue weighted by Crippen LogP contribution is 2.21. The molecule has 2 heteroatoms. The van der Waals surface area contributed by atoms with Crippen LogP contribution in [-0.4, -0.2) is 5.71 Å². The lowest BCUT2D eigenvalue weighted by Crippen LogP contribution is -2.03. The summed E-state index contributed by atoms with van der Waals surface area (Å²) in [6.07, 6.45) is 0. The molecule has 0 aliphatic carbocycles. The molecule has 2 rings (SSSR count). The van der Waals surface area contributed by atoms with Crippen molar-refractivity contribution < 1.29 is 0 Å². The van der Waals surface area contributed by atoms with Crippen LogP contribution in [0.1, 0.15) is 23.6 Å². The van der Waals surface area contributed by atoms with E-state index >= 15 is 0 Å². The number of nitrogens with one attached hydrogen (secondary N) is 2. The second-order valence-electron chi connectivity index (χ2n) is 4.64. The van der Waals surface area contributed by atoms with Gasteiger partial charge in [0, 0.05) is 22.7 Å². The van der Waals surface area contributed by atoms with Gasteiger partial charge in [0.2, 0.25) is 0 Å². The molecule has 0 fully saturated rings. The van der Waals surface area contributed by atoms with Gasteiger partial charge in [-0.3, -0.25) is 0 Å². The van der Waals surface area contributed by atoms with Gasteiger partial charge in [-0.25, -0.2) is 0 Å². The van der Waals surface area contributed by atoms with E-state index in [9.17, 15) is 0 Å². The minimum Gasteiger partial charge on any atom is -0.355 e. The van der Waals surface area contributed by atoms with E-state index in [0.29, 0.717) is 5.71 Å². The van der Waals surface area contributed by atoms with E-state index in [1.165, 1.54) is 5.56 Å². The standard InChI is InChI=1S/C17H18N2/c1-12-7-6-8-15(11-12)14(3)19-17-10-5-4-9-16(17)13(2)18/h4-11,18-19H,3H2,1-2H3. The second-order valence-corrected chi connectivity index (χ2v) is 4.64. The minimum atomic E-state index is 0.542. The Morgan fingerprint density at radius 1 is 1.11 bits per heavy atom. The smallest absolute Gasteiger partial charge is 0.0475 e. The van der Waals surface area contributed by atoms with Crippen molar-refractivity contribution in [2.24, 2.45) is 0 Å². The lowest BCUT2D eigenvalue weighted by Gasteiger charge is -2.14. The van der Waals surface area contributed by atoms with E-state index in [2.05, 4.69) is 31.0 Å². The Morgan fingerprint density at radius 3 is 2.53 bits per heavy atom. The zero-order chi connectivity index (χ0) is 13.8. The topological polar surface area (TPSA) is 35.9 Å². The van der Waals surface area contributed by atoms with Gasteiger partial charge in [0.1, 0.15) is 0 Å². The molecule has 0 aliphatic rings. The molecule has 2 nitrogen and oxygen atoms in total. The lowest BCUT2D eigenvalue weighted by molar-refractivity contribution is 1.42. The fourth-order valence-corrected chi connectivity index (χ4v) is 1.99. The first kappa shape index (κ1) is 13.1. The zero-order valence-electron chi connectivity index (χ0n) is 11.3. The SMILES string of the molecule is C=C(Nc1ccccc1C(C)=N)c1cccc(C)c1. The molecule has 0 saturated heterocycles. The molecule has 2 aromatic carbocycles. The molecule has 0 amide bonds. The normalized spacial score (nSPS) is 10.0. The van der Waals surface area contributed by atoms with Crippen LogP contribution in [0.25, 0.3) is 5.70 Å². The van der Waals surface area contributed by atoms with Crippen LogP contribution in [0.2, 0.25) is 0 Å². The van der Waals surface area contributed by atoms with Gasteiger partial charge in [-0.05, 0) is 31.5 Å². The Bertz CT molecular complexity index is 627. The second kappa shape index (κ2) is 5.53. The third-order valence-electron chi connectivity index (χ3n) is 2.98. The lowest BCUT2D eigenvalue weighted by atomic mass is 10.1. The predicted octanol–water partition coefficient (Wildman–Crippen LogP) is 4.47. The number of anilines is 1. The number of benzene rings is 2. The van der Waals surface area contributed by atoms with Gasteiger partial charge >= 0.3 is 0 Å². The van der Waals surface area contributed by atoms with Crippen LogP contribution < -0.4 is 5.32 Å². The van der Waals surface area contributed by atoms with Gasteiger partial charge < -0.3 is 10.7 Å². The molecule has 0 heterocycles. The molecule has 96 valence electrons. The number of rotatable bonds is 4. The van der Waals surface area contributed by atoms with Crippen LogP contribution in [0.15, 0.2) is 55.1 Å². The van der Waals surface area contributed by atoms with Crippen LogP contribution in [0, 0.1) is 12.3 Å². The molecule has 0 unspecified atom stereocenters. The highest BCUT2D eigenvalue weighted by molar-refractivity contribution is 6.02. The van der Waals surface area contributed by atoms with E-state index in [-0.39, 0.29) is 0 Å². The molecule has 0 aliphatic heterocycles. The van der Waals surface area contributed by atoms with Gasteiger partial charge in [0.05, 0.1) is 0 Å². The van der Waals surface area contributed by atoms with Crippen molar-refractivity contribution in [1.82, 2.24) is 0 Å². The van der Waals surface area contributed by atoms with Crippen LogP contribution in [0.3, 0.4) is 0 Å². The molecule has 2 aromatic rings. The monoisotopic (exact) mass is 250 g/mol. The Kier molecular flexibility index (Phi) is 3.81. The average molecular weight is 250 g/mol. The van der Waals surface area contributed by atoms with Crippen molar-refractivity contribution in [3.8, 4) is 0 Å². The van der Waals surface area contributed by atoms with Crippen molar-refractivity contribution in [3.05, 3.63) is 71.8 Å². The highest BCUT2D eigenvalue weighted by Gasteiger charge is 2.05. The summed E-state index contributed by atoms with van der Waals surface area (Å²) in [6.45, 7) is 7.93. The highest BCUT2D eigenvalue weighted by atomic mass is 14.9. The number of aryl methyl sites for hydroxylation is 1. The molecular formula is C17H18N2. The van der Waals surface area contributed by atoms with E-state index < -0.39 is 0 Å². The molecular weight excluding hydrogens is 232 g/mol. The summed E-state index contributed by atoms with van der Waals surface area (Å²) < 4.78 is 0. The van der Waals surface area contributed by atoms with Crippen LogP contribution in [0.5, 0.6) is 0 Å². The Hall–Kier alpha value is -2.35. The fourth-order valence-electron chi connectivity index (χ4n) is 1.99. The molecule has 19 heavy (non-hydrogen) atoms. The number of para-hydroxylation sites is 1. The summed E-state index contributed by atoms with van der Waals surface area (Å²) in [5, 5.41) is 11.1. The van der Waals surface area contributed by atoms with Crippen molar-refractivity contribution in [3.63, 3.8) is 0 Å². The predicted molar refractivity (Wildman–Crippen MR) is 82.8 cm³/mol. The van der Waals surface area contributed by atoms with Gasteiger partial charge in [-0.15, -0.1) is 0 Å². The fraction of sp³-hybridized carbons (Fsp3) is 0.118. The van der Waals surface area contributed by atoms with Crippen molar-refractivity contribution in [2.45, 2.75) is 13.8 Å². The maximum Gasteiger partial charge on any atom is 0.0475 e. The summed E-state index contributed by atoms with van der Waals surface area (Å²) in [5.74, 6) is 0. The third-order valence-corrected chi connectivity index (χ3v) is 2.98. The summed E-state index contributed by atoms with van der Waals surface area (Å²) in [7, 11) is 0. The molecule has 0 bridgehead atoms. The molecule has 2 N–H and O–H groups in total. The Morgan fingerprint density at radius 2 is 1.84 bits per heavy atom. The summed E-state index contributed by atoms with van der Waals surface area (Å²) >= 11 is 0. The van der Waals surface area contributed by atoms with E-state index in [1.807, 2.05) is 36.4 Å². The molecule has 0 saturated carbocycles. The largest absolute Gasteiger partial charge is 0.355 e. The van der Waals surface area contributed by atoms with E-state index in [4.69, 9.17) is 5.41 Å². The summed E-state index contributed by atoms with van der Waals surface area (Å²) in [4.78, 5) is 0. The van der Waals surface area contributed by atoms with Crippen LogP contribution in [0.4, 0.5) is 5.69 Å². The Labute approximate surface area is 114 Å². The first-order chi connectivity index (χ1) is 9.08. The van der Waals surface area contributed by atoms with Gasteiger partial charge in [0.25, 0.3) is 0 Å². The third kappa shape index (κ3) is 3.10. The molecule has 0 radical (unpaired) electrons. The number of hydrogen-bond acceptors (Lipinski definition) is 2. The average Bonchev–Trinajstić information content (AvgIpc) is 2.39. The van der Waals surface area contributed by atoms with Gasteiger partial charge in [-0.1, -0.05) is 48.5 Å². The maximum absolute atomic E-state index is 7.79. The molecule has 0 aromatic heterocycles. The molecule has 0 spiro atoms. The summed E-state index contributed by atoms with van der Waals surface area (Å²) in [6, 6.07) is 16.0. The van der Waals surface area contributed by atoms with Crippen molar-refractivity contribution in [2.75, 3.05) is 5.32 Å². The maximum atomic E-state index is 7.79. The Balaban J connectivity index is 2.27. The van der Waals surface area contributed by atoms with Gasteiger partial charge in [0.15, 0.2) is 0 Å². The van der Waals surface area contributed by atoms with Crippen molar-refractivity contribution in [1.29, 1.82) is 5.41 Å².